The molecule has 0 saturated carbocycles. The van der Waals surface area contributed by atoms with E-state index in [1.54, 1.807) is 22.9 Å². The summed E-state index contributed by atoms with van der Waals surface area (Å²) in [6.45, 7) is 4.28. The quantitative estimate of drug-likeness (QED) is 0.324. The van der Waals surface area contributed by atoms with E-state index < -0.39 is 0 Å². The summed E-state index contributed by atoms with van der Waals surface area (Å²) in [5.74, 6) is 0.471. The number of benzene rings is 3. The van der Waals surface area contributed by atoms with Crippen LogP contribution in [0.15, 0.2) is 89.9 Å². The molecule has 1 saturated heterocycles. The van der Waals surface area contributed by atoms with Crippen molar-refractivity contribution in [1.29, 1.82) is 0 Å². The van der Waals surface area contributed by atoms with Gasteiger partial charge in [-0.05, 0) is 78.9 Å². The third-order valence-electron chi connectivity index (χ3n) is 7.15. The molecule has 6 nitrogen and oxygen atoms in total. The molecule has 0 radical (unpaired) electrons. The van der Waals surface area contributed by atoms with E-state index in [0.29, 0.717) is 11.6 Å². The summed E-state index contributed by atoms with van der Waals surface area (Å²) in [5, 5.41) is 6.48. The van der Waals surface area contributed by atoms with E-state index in [1.165, 1.54) is 30.3 Å². The molecule has 0 spiro atoms. The maximum absolute atomic E-state index is 13.0. The molecule has 3 heterocycles. The highest BCUT2D eigenvalue weighted by Crippen LogP contribution is 2.26. The van der Waals surface area contributed by atoms with Gasteiger partial charge in [-0.15, -0.1) is 0 Å². The molecule has 0 bridgehead atoms. The van der Waals surface area contributed by atoms with Crippen LogP contribution >= 0.6 is 0 Å². The van der Waals surface area contributed by atoms with Gasteiger partial charge in [-0.2, -0.15) is 4.98 Å². The van der Waals surface area contributed by atoms with E-state index in [1.807, 2.05) is 19.1 Å². The highest BCUT2D eigenvalue weighted by atomic mass is 16.1. The molecular weight excluding hydrogens is 446 g/mol. The fraction of sp³-hybridized carbons (Fsp3) is 0.233. The predicted octanol–water partition coefficient (Wildman–Crippen LogP) is 6.29. The van der Waals surface area contributed by atoms with Crippen molar-refractivity contribution in [2.45, 2.75) is 32.2 Å². The number of piperidine rings is 1. The largest absolute Gasteiger partial charge is 0.372 e. The van der Waals surface area contributed by atoms with Crippen molar-refractivity contribution in [2.24, 2.45) is 0 Å². The van der Waals surface area contributed by atoms with Crippen LogP contribution in [0.4, 0.5) is 17.3 Å². The van der Waals surface area contributed by atoms with Crippen LogP contribution in [-0.2, 0) is 0 Å². The number of nitrogens with zero attached hydrogens (tertiary/aromatic N) is 4. The van der Waals surface area contributed by atoms with Crippen LogP contribution in [0.2, 0.25) is 0 Å². The molecule has 2 aromatic heterocycles. The van der Waals surface area contributed by atoms with Crippen molar-refractivity contribution in [2.75, 3.05) is 23.3 Å². The molecule has 1 unspecified atom stereocenters. The molecule has 36 heavy (non-hydrogen) atoms. The Morgan fingerprint density at radius 1 is 0.833 bits per heavy atom. The van der Waals surface area contributed by atoms with Gasteiger partial charge in [0, 0.05) is 42.1 Å². The number of aromatic nitrogens is 3. The topological polar surface area (TPSA) is 63.1 Å². The number of fused-ring (bicyclic) bond motifs is 2. The van der Waals surface area contributed by atoms with E-state index >= 15 is 0 Å². The Bertz CT molecular complexity index is 1590. The Hall–Kier alpha value is -4.19. The molecule has 6 heteroatoms. The molecule has 6 rings (SSSR count). The first kappa shape index (κ1) is 22.3. The lowest BCUT2D eigenvalue weighted by Gasteiger charge is -2.28. The van der Waals surface area contributed by atoms with Crippen molar-refractivity contribution < 1.29 is 0 Å². The molecule has 5 aromatic rings. The minimum absolute atomic E-state index is 0.0845. The number of rotatable bonds is 5. The van der Waals surface area contributed by atoms with E-state index in [2.05, 4.69) is 69.8 Å². The molecule has 0 amide bonds. The van der Waals surface area contributed by atoms with Crippen LogP contribution in [0.3, 0.4) is 0 Å². The first-order valence-electron chi connectivity index (χ1n) is 12.6. The Morgan fingerprint density at radius 2 is 1.58 bits per heavy atom. The summed E-state index contributed by atoms with van der Waals surface area (Å²) in [6.07, 6.45) is 5.60. The lowest BCUT2D eigenvalue weighted by atomic mass is 10.0. The maximum Gasteiger partial charge on any atom is 0.252 e. The first-order valence-corrected chi connectivity index (χ1v) is 12.6. The zero-order valence-corrected chi connectivity index (χ0v) is 20.4. The molecular formula is C30H29N5O. The molecule has 0 aliphatic carbocycles. The predicted molar refractivity (Wildman–Crippen MR) is 147 cm³/mol. The van der Waals surface area contributed by atoms with E-state index in [9.17, 15) is 4.79 Å². The van der Waals surface area contributed by atoms with Gasteiger partial charge >= 0.3 is 0 Å². The van der Waals surface area contributed by atoms with Gasteiger partial charge in [0.1, 0.15) is 5.65 Å². The van der Waals surface area contributed by atoms with E-state index in [4.69, 9.17) is 4.98 Å². The van der Waals surface area contributed by atoms with Crippen LogP contribution in [0, 0.1) is 0 Å². The second-order valence-electron chi connectivity index (χ2n) is 9.52. The van der Waals surface area contributed by atoms with Crippen molar-refractivity contribution in [1.82, 2.24) is 14.5 Å². The summed E-state index contributed by atoms with van der Waals surface area (Å²) in [7, 11) is 0. The number of hydrogen-bond donors (Lipinski definition) is 1. The van der Waals surface area contributed by atoms with Gasteiger partial charge in [0.2, 0.25) is 5.95 Å². The highest BCUT2D eigenvalue weighted by Gasteiger charge is 2.16. The minimum Gasteiger partial charge on any atom is -0.372 e. The number of pyridine rings is 1. The minimum atomic E-state index is -0.183. The molecule has 1 atom stereocenters. The highest BCUT2D eigenvalue weighted by molar-refractivity contribution is 5.83. The average Bonchev–Trinajstić information content (AvgIpc) is 2.93. The fourth-order valence-electron chi connectivity index (χ4n) is 5.13. The average molecular weight is 476 g/mol. The molecule has 1 fully saturated rings. The van der Waals surface area contributed by atoms with Gasteiger partial charge < -0.3 is 10.2 Å². The van der Waals surface area contributed by atoms with E-state index in [-0.39, 0.29) is 11.6 Å². The van der Waals surface area contributed by atoms with Gasteiger partial charge in [0.15, 0.2) is 0 Å². The van der Waals surface area contributed by atoms with Gasteiger partial charge in [0.25, 0.3) is 5.56 Å². The molecule has 1 aliphatic rings. The zero-order chi connectivity index (χ0) is 24.5. The normalized spacial score (nSPS) is 14.8. The van der Waals surface area contributed by atoms with Gasteiger partial charge in [0.05, 0.1) is 6.04 Å². The SMILES string of the molecule is CC(c1ccc2ccccc2c1)n1c(=O)ccc2cnc(Nc3ccc(N4CCCCC4)cc3)nc21. The molecule has 180 valence electrons. The van der Waals surface area contributed by atoms with Crippen LogP contribution in [-0.4, -0.2) is 27.6 Å². The van der Waals surface area contributed by atoms with Crippen LogP contribution in [0.25, 0.3) is 21.8 Å². The summed E-state index contributed by atoms with van der Waals surface area (Å²) < 4.78 is 1.76. The Labute approximate surface area is 210 Å². The third-order valence-corrected chi connectivity index (χ3v) is 7.15. The van der Waals surface area contributed by atoms with Crippen molar-refractivity contribution in [3.8, 4) is 0 Å². The van der Waals surface area contributed by atoms with Crippen molar-refractivity contribution in [3.05, 3.63) is 101 Å². The Morgan fingerprint density at radius 3 is 2.39 bits per heavy atom. The fourth-order valence-corrected chi connectivity index (χ4v) is 5.13. The monoisotopic (exact) mass is 475 g/mol. The van der Waals surface area contributed by atoms with Crippen molar-refractivity contribution in [3.63, 3.8) is 0 Å². The molecule has 1 N–H and O–H groups in total. The Balaban J connectivity index is 1.32. The van der Waals surface area contributed by atoms with Gasteiger partial charge in [-0.25, -0.2) is 4.98 Å². The van der Waals surface area contributed by atoms with Gasteiger partial charge in [-0.3, -0.25) is 9.36 Å². The lowest BCUT2D eigenvalue weighted by Crippen LogP contribution is -2.29. The lowest BCUT2D eigenvalue weighted by molar-refractivity contribution is 0.578. The molecule has 1 aliphatic heterocycles. The second kappa shape index (κ2) is 9.46. The van der Waals surface area contributed by atoms with E-state index in [0.717, 1.165) is 35.1 Å². The van der Waals surface area contributed by atoms with Crippen molar-refractivity contribution >= 4 is 39.1 Å². The van der Waals surface area contributed by atoms with Crippen LogP contribution < -0.4 is 15.8 Å². The standard InChI is InChI=1S/C30H29N5O/c1-21(23-10-9-22-7-3-4-8-24(22)19-23)35-28(36)16-11-25-20-31-30(33-29(25)35)32-26-12-14-27(15-13-26)34-17-5-2-6-18-34/h3-4,7-16,19-21H,2,5-6,17-18H2,1H3,(H,31,32,33). The van der Waals surface area contributed by atoms with Crippen LogP contribution in [0.5, 0.6) is 0 Å². The summed E-state index contributed by atoms with van der Waals surface area (Å²) in [6, 6.07) is 26.2. The Kier molecular flexibility index (Phi) is 5.85. The first-order chi connectivity index (χ1) is 17.7. The maximum atomic E-state index is 13.0. The summed E-state index contributed by atoms with van der Waals surface area (Å²) in [5.41, 5.74) is 3.76. The zero-order valence-electron chi connectivity index (χ0n) is 20.4. The number of nitrogens with one attached hydrogen (secondary N) is 1. The second-order valence-corrected chi connectivity index (χ2v) is 9.52. The van der Waals surface area contributed by atoms with Crippen LogP contribution in [0.1, 0.15) is 37.8 Å². The number of hydrogen-bond acceptors (Lipinski definition) is 5. The summed E-state index contributed by atoms with van der Waals surface area (Å²) in [4.78, 5) is 24.8. The third kappa shape index (κ3) is 4.31. The summed E-state index contributed by atoms with van der Waals surface area (Å²) >= 11 is 0. The number of anilines is 3. The smallest absolute Gasteiger partial charge is 0.252 e. The van der Waals surface area contributed by atoms with Gasteiger partial charge in [-0.1, -0.05) is 36.4 Å². The molecule has 3 aromatic carbocycles.